The number of nitriles is 1. The molecule has 0 spiro atoms. The van der Waals surface area contributed by atoms with E-state index < -0.39 is 4.92 Å². The van der Waals surface area contributed by atoms with Gasteiger partial charge in [-0.25, -0.2) is 0 Å². The molecule has 1 aliphatic heterocycles. The van der Waals surface area contributed by atoms with Crippen LogP contribution in [0.3, 0.4) is 0 Å². The molecule has 0 aromatic heterocycles. The largest absolute Gasteiger partial charge is 0.393 e. The Balaban J connectivity index is 2.30. The lowest BCUT2D eigenvalue weighted by molar-refractivity contribution is -0.384. The Morgan fingerprint density at radius 1 is 1.58 bits per heavy atom. The minimum atomic E-state index is -0.507. The summed E-state index contributed by atoms with van der Waals surface area (Å²) in [7, 11) is 0. The third kappa shape index (κ3) is 2.66. The van der Waals surface area contributed by atoms with Gasteiger partial charge in [-0.1, -0.05) is 6.92 Å². The van der Waals surface area contributed by atoms with Crippen LogP contribution < -0.4 is 4.90 Å². The Bertz CT molecular complexity index is 538. The van der Waals surface area contributed by atoms with Gasteiger partial charge >= 0.3 is 0 Å². The molecular weight excluding hydrogens is 246 g/mol. The second-order valence-corrected chi connectivity index (χ2v) is 4.85. The summed E-state index contributed by atoms with van der Waals surface area (Å²) in [6, 6.07) is 6.32. The van der Waals surface area contributed by atoms with E-state index in [-0.39, 0.29) is 17.7 Å². The second-order valence-electron chi connectivity index (χ2n) is 4.85. The molecule has 1 aliphatic rings. The van der Waals surface area contributed by atoms with Gasteiger partial charge in [-0.2, -0.15) is 5.26 Å². The van der Waals surface area contributed by atoms with Gasteiger partial charge in [-0.15, -0.1) is 0 Å². The Hall–Kier alpha value is -2.13. The zero-order valence-corrected chi connectivity index (χ0v) is 10.6. The van der Waals surface area contributed by atoms with Crippen molar-refractivity contribution in [3.05, 3.63) is 33.9 Å². The SMILES string of the molecule is CC1CN(c2ccc([N+](=O)[O-])cc2C#N)CCC1O. The van der Waals surface area contributed by atoms with Crippen molar-refractivity contribution in [3.63, 3.8) is 0 Å². The van der Waals surface area contributed by atoms with E-state index >= 15 is 0 Å². The van der Waals surface area contributed by atoms with E-state index in [1.54, 1.807) is 6.07 Å². The molecule has 0 amide bonds. The maximum Gasteiger partial charge on any atom is 0.270 e. The number of benzene rings is 1. The van der Waals surface area contributed by atoms with Crippen LogP contribution in [-0.2, 0) is 0 Å². The van der Waals surface area contributed by atoms with Crippen LogP contribution >= 0.6 is 0 Å². The van der Waals surface area contributed by atoms with Crippen molar-refractivity contribution in [1.29, 1.82) is 5.26 Å². The number of hydrogen-bond donors (Lipinski definition) is 1. The molecule has 6 heteroatoms. The van der Waals surface area contributed by atoms with Crippen molar-refractivity contribution in [3.8, 4) is 6.07 Å². The molecule has 1 fully saturated rings. The first kappa shape index (κ1) is 13.3. The van der Waals surface area contributed by atoms with Crippen LogP contribution in [0.5, 0.6) is 0 Å². The van der Waals surface area contributed by atoms with Gasteiger partial charge < -0.3 is 10.0 Å². The molecule has 2 atom stereocenters. The average Bonchev–Trinajstić information content (AvgIpc) is 2.41. The lowest BCUT2D eigenvalue weighted by Crippen LogP contribution is -2.42. The average molecular weight is 261 g/mol. The van der Waals surface area contributed by atoms with Crippen LogP contribution in [0.2, 0.25) is 0 Å². The normalized spacial score (nSPS) is 22.9. The number of nitrogens with zero attached hydrogens (tertiary/aromatic N) is 3. The summed E-state index contributed by atoms with van der Waals surface area (Å²) < 4.78 is 0. The van der Waals surface area contributed by atoms with Crippen LogP contribution in [0.25, 0.3) is 0 Å². The highest BCUT2D eigenvalue weighted by Crippen LogP contribution is 2.28. The summed E-state index contributed by atoms with van der Waals surface area (Å²) in [6.07, 6.45) is 0.322. The number of hydrogen-bond acceptors (Lipinski definition) is 5. The summed E-state index contributed by atoms with van der Waals surface area (Å²) >= 11 is 0. The monoisotopic (exact) mass is 261 g/mol. The predicted molar refractivity (Wildman–Crippen MR) is 69.8 cm³/mol. The first-order valence-electron chi connectivity index (χ1n) is 6.14. The summed E-state index contributed by atoms with van der Waals surface area (Å²) in [4.78, 5) is 12.2. The number of nitro groups is 1. The van der Waals surface area contributed by atoms with E-state index in [0.717, 1.165) is 0 Å². The van der Waals surface area contributed by atoms with Crippen molar-refractivity contribution in [1.82, 2.24) is 0 Å². The molecule has 6 nitrogen and oxygen atoms in total. The van der Waals surface area contributed by atoms with Crippen molar-refractivity contribution in [2.75, 3.05) is 18.0 Å². The molecule has 19 heavy (non-hydrogen) atoms. The fourth-order valence-electron chi connectivity index (χ4n) is 2.35. The van der Waals surface area contributed by atoms with Crippen LogP contribution in [0.1, 0.15) is 18.9 Å². The van der Waals surface area contributed by atoms with E-state index in [2.05, 4.69) is 0 Å². The third-order valence-electron chi connectivity index (χ3n) is 3.51. The molecule has 1 aromatic carbocycles. The molecular formula is C13H15N3O3. The van der Waals surface area contributed by atoms with E-state index in [1.165, 1.54) is 12.1 Å². The Morgan fingerprint density at radius 3 is 2.89 bits per heavy atom. The summed E-state index contributed by atoms with van der Waals surface area (Å²) in [6.45, 7) is 3.25. The molecule has 0 aliphatic carbocycles. The molecule has 1 heterocycles. The standard InChI is InChI=1S/C13H15N3O3/c1-9-8-15(5-4-13(9)17)12-3-2-11(16(18)19)6-10(12)7-14/h2-3,6,9,13,17H,4-5,8H2,1H3. The number of non-ortho nitro benzene ring substituents is 1. The maximum atomic E-state index is 10.7. The van der Waals surface area contributed by atoms with Crippen LogP contribution in [0, 0.1) is 27.4 Å². The highest BCUT2D eigenvalue weighted by Gasteiger charge is 2.26. The zero-order chi connectivity index (χ0) is 14.0. The van der Waals surface area contributed by atoms with E-state index in [0.29, 0.717) is 30.8 Å². The molecule has 100 valence electrons. The van der Waals surface area contributed by atoms with Gasteiger partial charge in [-0.05, 0) is 18.4 Å². The summed E-state index contributed by atoms with van der Waals surface area (Å²) in [5.41, 5.74) is 0.926. The van der Waals surface area contributed by atoms with Crippen molar-refractivity contribution < 1.29 is 10.0 Å². The molecule has 1 aromatic rings. The smallest absolute Gasteiger partial charge is 0.270 e. The topological polar surface area (TPSA) is 90.4 Å². The van der Waals surface area contributed by atoms with Gasteiger partial charge in [0.25, 0.3) is 5.69 Å². The first-order valence-corrected chi connectivity index (χ1v) is 6.14. The Labute approximate surface area is 111 Å². The molecule has 1 saturated heterocycles. The number of nitro benzene ring substituents is 1. The molecule has 1 N–H and O–H groups in total. The fraction of sp³-hybridized carbons (Fsp3) is 0.462. The van der Waals surface area contributed by atoms with Crippen molar-refractivity contribution in [2.45, 2.75) is 19.4 Å². The lowest BCUT2D eigenvalue weighted by atomic mass is 9.95. The van der Waals surface area contributed by atoms with E-state index in [9.17, 15) is 15.2 Å². The maximum absolute atomic E-state index is 10.7. The van der Waals surface area contributed by atoms with Gasteiger partial charge in [0.05, 0.1) is 22.3 Å². The minimum absolute atomic E-state index is 0.0783. The number of aliphatic hydroxyl groups is 1. The van der Waals surface area contributed by atoms with E-state index in [1.807, 2.05) is 17.9 Å². The second kappa shape index (κ2) is 5.24. The molecule has 0 radical (unpaired) electrons. The predicted octanol–water partition coefficient (Wildman–Crippen LogP) is 1.67. The number of rotatable bonds is 2. The molecule has 0 bridgehead atoms. The summed E-state index contributed by atoms with van der Waals surface area (Å²) in [5.74, 6) is 0.121. The lowest BCUT2D eigenvalue weighted by Gasteiger charge is -2.36. The van der Waals surface area contributed by atoms with Crippen LogP contribution in [0.15, 0.2) is 18.2 Å². The molecule has 0 saturated carbocycles. The van der Waals surface area contributed by atoms with Gasteiger partial charge in [0, 0.05) is 25.2 Å². The van der Waals surface area contributed by atoms with Crippen molar-refractivity contribution in [2.24, 2.45) is 5.92 Å². The Morgan fingerprint density at radius 2 is 2.32 bits per heavy atom. The molecule has 2 rings (SSSR count). The fourth-order valence-corrected chi connectivity index (χ4v) is 2.35. The van der Waals surface area contributed by atoms with Gasteiger partial charge in [-0.3, -0.25) is 10.1 Å². The number of aliphatic hydroxyl groups excluding tert-OH is 1. The minimum Gasteiger partial charge on any atom is -0.393 e. The highest BCUT2D eigenvalue weighted by atomic mass is 16.6. The van der Waals surface area contributed by atoms with Gasteiger partial charge in [0.1, 0.15) is 6.07 Å². The van der Waals surface area contributed by atoms with Gasteiger partial charge in [0.15, 0.2) is 0 Å². The third-order valence-corrected chi connectivity index (χ3v) is 3.51. The Kier molecular flexibility index (Phi) is 3.67. The number of piperidine rings is 1. The quantitative estimate of drug-likeness (QED) is 0.646. The zero-order valence-electron chi connectivity index (χ0n) is 10.6. The summed E-state index contributed by atoms with van der Waals surface area (Å²) in [5, 5.41) is 29.5. The highest BCUT2D eigenvalue weighted by molar-refractivity contribution is 5.63. The first-order chi connectivity index (χ1) is 9.02. The van der Waals surface area contributed by atoms with E-state index in [4.69, 9.17) is 5.26 Å². The van der Waals surface area contributed by atoms with Crippen molar-refractivity contribution >= 4 is 11.4 Å². The molecule has 2 unspecified atom stereocenters. The number of anilines is 1. The van der Waals surface area contributed by atoms with Crippen LogP contribution in [0.4, 0.5) is 11.4 Å². The van der Waals surface area contributed by atoms with Gasteiger partial charge in [0.2, 0.25) is 0 Å². The van der Waals surface area contributed by atoms with Crippen LogP contribution in [-0.4, -0.2) is 29.2 Å².